The fourth-order valence-electron chi connectivity index (χ4n) is 2.19. The third kappa shape index (κ3) is 4.56. The SMILES string of the molecule is CC(C)C(N)CCN(C)C(=O)c1cnn(-c2cccc(Cl)c2)c1. The number of amides is 1. The first kappa shape index (κ1) is 17.5. The van der Waals surface area contributed by atoms with Crippen LogP contribution < -0.4 is 5.73 Å². The maximum absolute atomic E-state index is 12.4. The summed E-state index contributed by atoms with van der Waals surface area (Å²) in [6, 6.07) is 7.43. The van der Waals surface area contributed by atoms with Crippen LogP contribution in [0.15, 0.2) is 36.7 Å². The average Bonchev–Trinajstić information content (AvgIpc) is 3.01. The van der Waals surface area contributed by atoms with E-state index in [1.165, 1.54) is 0 Å². The molecule has 0 radical (unpaired) electrons. The first-order valence-corrected chi connectivity index (χ1v) is 8.08. The van der Waals surface area contributed by atoms with Gasteiger partial charge in [-0.2, -0.15) is 5.10 Å². The molecule has 2 N–H and O–H groups in total. The van der Waals surface area contributed by atoms with Gasteiger partial charge < -0.3 is 10.6 Å². The van der Waals surface area contributed by atoms with Crippen LogP contribution in [0.2, 0.25) is 5.02 Å². The van der Waals surface area contributed by atoms with Gasteiger partial charge in [-0.3, -0.25) is 4.79 Å². The van der Waals surface area contributed by atoms with Crippen LogP contribution in [0, 0.1) is 5.92 Å². The van der Waals surface area contributed by atoms with Gasteiger partial charge >= 0.3 is 0 Å². The van der Waals surface area contributed by atoms with Gasteiger partial charge in [0.1, 0.15) is 0 Å². The fraction of sp³-hybridized carbons (Fsp3) is 0.412. The molecule has 1 atom stereocenters. The Balaban J connectivity index is 2.03. The summed E-state index contributed by atoms with van der Waals surface area (Å²) >= 11 is 5.98. The highest BCUT2D eigenvalue weighted by atomic mass is 35.5. The van der Waals surface area contributed by atoms with Gasteiger partial charge in [-0.1, -0.05) is 31.5 Å². The van der Waals surface area contributed by atoms with Gasteiger partial charge in [0.05, 0.1) is 17.4 Å². The molecule has 23 heavy (non-hydrogen) atoms. The maximum Gasteiger partial charge on any atom is 0.256 e. The predicted molar refractivity (Wildman–Crippen MR) is 93.0 cm³/mol. The molecule has 1 amide bonds. The Labute approximate surface area is 142 Å². The predicted octanol–water partition coefficient (Wildman–Crippen LogP) is 2.97. The Morgan fingerprint density at radius 3 is 2.83 bits per heavy atom. The van der Waals surface area contributed by atoms with Crippen LogP contribution in [-0.4, -0.2) is 40.2 Å². The summed E-state index contributed by atoms with van der Waals surface area (Å²) in [4.78, 5) is 14.1. The Kier molecular flexibility index (Phi) is 5.80. The second-order valence-corrected chi connectivity index (χ2v) is 6.51. The van der Waals surface area contributed by atoms with E-state index in [2.05, 4.69) is 18.9 Å². The van der Waals surface area contributed by atoms with Crippen molar-refractivity contribution in [1.82, 2.24) is 14.7 Å². The van der Waals surface area contributed by atoms with Crippen molar-refractivity contribution in [2.24, 2.45) is 11.7 Å². The van der Waals surface area contributed by atoms with E-state index < -0.39 is 0 Å². The van der Waals surface area contributed by atoms with Crippen molar-refractivity contribution in [2.45, 2.75) is 26.3 Å². The minimum absolute atomic E-state index is 0.0609. The molecular formula is C17H23ClN4O. The molecule has 2 rings (SSSR count). The van der Waals surface area contributed by atoms with Crippen LogP contribution >= 0.6 is 11.6 Å². The van der Waals surface area contributed by atoms with Crippen molar-refractivity contribution in [3.8, 4) is 5.69 Å². The van der Waals surface area contributed by atoms with E-state index in [1.807, 2.05) is 12.1 Å². The monoisotopic (exact) mass is 334 g/mol. The number of rotatable bonds is 6. The molecule has 1 aromatic carbocycles. The van der Waals surface area contributed by atoms with Crippen LogP contribution in [0.1, 0.15) is 30.6 Å². The molecule has 0 saturated carbocycles. The summed E-state index contributed by atoms with van der Waals surface area (Å²) in [6.45, 7) is 4.80. The van der Waals surface area contributed by atoms with Gasteiger partial charge in [0.25, 0.3) is 5.91 Å². The smallest absolute Gasteiger partial charge is 0.256 e. The summed E-state index contributed by atoms with van der Waals surface area (Å²) in [5, 5.41) is 4.87. The third-order valence-electron chi connectivity index (χ3n) is 3.90. The molecule has 5 nitrogen and oxygen atoms in total. The maximum atomic E-state index is 12.4. The normalized spacial score (nSPS) is 12.4. The number of nitrogens with zero attached hydrogens (tertiary/aromatic N) is 3. The van der Waals surface area contributed by atoms with E-state index in [0.29, 0.717) is 23.0 Å². The summed E-state index contributed by atoms with van der Waals surface area (Å²) < 4.78 is 1.65. The molecule has 1 unspecified atom stereocenters. The standard InChI is InChI=1S/C17H23ClN4O/c1-12(2)16(19)7-8-21(3)17(23)13-10-20-22(11-13)15-6-4-5-14(18)9-15/h4-6,9-12,16H,7-8,19H2,1-3H3. The van der Waals surface area contributed by atoms with Gasteiger partial charge in [0, 0.05) is 30.9 Å². The number of aromatic nitrogens is 2. The quantitative estimate of drug-likeness (QED) is 0.883. The summed E-state index contributed by atoms with van der Waals surface area (Å²) in [6.07, 6.45) is 4.07. The molecule has 1 heterocycles. The number of hydrogen-bond acceptors (Lipinski definition) is 3. The van der Waals surface area contributed by atoms with Crippen molar-refractivity contribution in [3.63, 3.8) is 0 Å². The zero-order chi connectivity index (χ0) is 17.0. The minimum atomic E-state index is -0.0609. The summed E-state index contributed by atoms with van der Waals surface area (Å²) in [5.74, 6) is 0.346. The van der Waals surface area contributed by atoms with Gasteiger partial charge in [-0.15, -0.1) is 0 Å². The average molecular weight is 335 g/mol. The largest absolute Gasteiger partial charge is 0.342 e. The van der Waals surface area contributed by atoms with Crippen LogP contribution in [0.5, 0.6) is 0 Å². The van der Waals surface area contributed by atoms with Crippen LogP contribution in [0.3, 0.4) is 0 Å². The zero-order valence-corrected chi connectivity index (χ0v) is 14.5. The van der Waals surface area contributed by atoms with E-state index in [9.17, 15) is 4.79 Å². The number of benzene rings is 1. The molecule has 1 aromatic heterocycles. The van der Waals surface area contributed by atoms with Crippen molar-refractivity contribution in [1.29, 1.82) is 0 Å². The molecule has 0 saturated heterocycles. The molecule has 0 aliphatic rings. The molecule has 0 aliphatic carbocycles. The fourth-order valence-corrected chi connectivity index (χ4v) is 2.38. The molecule has 2 aromatic rings. The first-order valence-electron chi connectivity index (χ1n) is 7.70. The first-order chi connectivity index (χ1) is 10.9. The number of nitrogens with two attached hydrogens (primary N) is 1. The molecule has 124 valence electrons. The molecule has 6 heteroatoms. The number of halogens is 1. The molecule has 0 aliphatic heterocycles. The van der Waals surface area contributed by atoms with E-state index in [-0.39, 0.29) is 11.9 Å². The van der Waals surface area contributed by atoms with Gasteiger partial charge in [0.2, 0.25) is 0 Å². The highest BCUT2D eigenvalue weighted by molar-refractivity contribution is 6.30. The molecule has 0 spiro atoms. The zero-order valence-electron chi connectivity index (χ0n) is 13.7. The minimum Gasteiger partial charge on any atom is -0.342 e. The lowest BCUT2D eigenvalue weighted by Crippen LogP contribution is -2.34. The van der Waals surface area contributed by atoms with Crippen LogP contribution in [-0.2, 0) is 0 Å². The van der Waals surface area contributed by atoms with Crippen LogP contribution in [0.25, 0.3) is 5.69 Å². The Hall–Kier alpha value is -1.85. The summed E-state index contributed by atoms with van der Waals surface area (Å²) in [7, 11) is 1.78. The highest BCUT2D eigenvalue weighted by Crippen LogP contribution is 2.15. The lowest BCUT2D eigenvalue weighted by atomic mass is 10.0. The van der Waals surface area contributed by atoms with E-state index >= 15 is 0 Å². The molecule has 0 bridgehead atoms. The number of hydrogen-bond donors (Lipinski definition) is 1. The highest BCUT2D eigenvalue weighted by Gasteiger charge is 2.16. The van der Waals surface area contributed by atoms with Crippen molar-refractivity contribution >= 4 is 17.5 Å². The van der Waals surface area contributed by atoms with E-state index in [1.54, 1.807) is 41.2 Å². The second kappa shape index (κ2) is 7.62. The second-order valence-electron chi connectivity index (χ2n) is 6.08. The van der Waals surface area contributed by atoms with Crippen molar-refractivity contribution in [3.05, 3.63) is 47.2 Å². The summed E-state index contributed by atoms with van der Waals surface area (Å²) in [5.41, 5.74) is 7.40. The lowest BCUT2D eigenvalue weighted by Gasteiger charge is -2.21. The van der Waals surface area contributed by atoms with Gasteiger partial charge in [0.15, 0.2) is 0 Å². The van der Waals surface area contributed by atoms with Gasteiger partial charge in [-0.05, 0) is 30.5 Å². The van der Waals surface area contributed by atoms with Crippen molar-refractivity contribution < 1.29 is 4.79 Å². The Bertz CT molecular complexity index is 668. The molecule has 0 fully saturated rings. The number of carbonyl (C=O) groups excluding carboxylic acids is 1. The van der Waals surface area contributed by atoms with Gasteiger partial charge in [-0.25, -0.2) is 4.68 Å². The topological polar surface area (TPSA) is 64.2 Å². The molecular weight excluding hydrogens is 312 g/mol. The van der Waals surface area contributed by atoms with Crippen LogP contribution in [0.4, 0.5) is 0 Å². The van der Waals surface area contributed by atoms with Crippen molar-refractivity contribution in [2.75, 3.05) is 13.6 Å². The number of carbonyl (C=O) groups is 1. The Morgan fingerprint density at radius 2 is 2.17 bits per heavy atom. The van der Waals surface area contributed by atoms with E-state index in [0.717, 1.165) is 12.1 Å². The van der Waals surface area contributed by atoms with E-state index in [4.69, 9.17) is 17.3 Å². The lowest BCUT2D eigenvalue weighted by molar-refractivity contribution is 0.0789. The Morgan fingerprint density at radius 1 is 1.43 bits per heavy atom. The third-order valence-corrected chi connectivity index (χ3v) is 4.14.